The summed E-state index contributed by atoms with van der Waals surface area (Å²) < 4.78 is 38.8. The molecule has 3 nitrogen and oxygen atoms in total. The number of hydrogen-bond donors (Lipinski definition) is 0. The molecule has 3 rings (SSSR count). The van der Waals surface area contributed by atoms with Crippen molar-refractivity contribution >= 4 is 20.6 Å². The third kappa shape index (κ3) is 3.71. The zero-order valence-corrected chi connectivity index (χ0v) is 14.3. The summed E-state index contributed by atoms with van der Waals surface area (Å²) in [6.07, 6.45) is -2.36. The Morgan fingerprint density at radius 2 is 2.00 bits per heavy atom. The van der Waals surface area contributed by atoms with Crippen LogP contribution in [-0.4, -0.2) is 28.7 Å². The molecule has 0 N–H and O–H groups in total. The van der Waals surface area contributed by atoms with Gasteiger partial charge in [0.05, 0.1) is 5.56 Å². The smallest absolute Gasteiger partial charge is 0.391 e. The first-order valence-electron chi connectivity index (χ1n) is 7.64. The molecule has 126 valence electrons. The number of hydrogen-bond acceptors (Lipinski definition) is 3. The van der Waals surface area contributed by atoms with Crippen LogP contribution in [0.15, 0.2) is 29.4 Å². The number of alkyl halides is 3. The molecular formula is C16H18BrF3N2O. The van der Waals surface area contributed by atoms with Crippen molar-refractivity contribution in [3.8, 4) is 0 Å². The largest absolute Gasteiger partial charge is 0.416 e. The summed E-state index contributed by atoms with van der Waals surface area (Å²) in [5.41, 5.74) is 0.303. The molecular weight excluding hydrogens is 373 g/mol. The molecule has 2 heterocycles. The molecule has 3 atom stereocenters. The molecule has 0 saturated carbocycles. The van der Waals surface area contributed by atoms with Crippen molar-refractivity contribution in [2.75, 3.05) is 13.1 Å². The fourth-order valence-corrected chi connectivity index (χ4v) is 3.65. The molecule has 0 radical (unpaired) electrons. The number of benzene rings is 1. The van der Waals surface area contributed by atoms with E-state index in [2.05, 4.69) is 26.0 Å². The highest BCUT2D eigenvalue weighted by Gasteiger charge is 2.36. The van der Waals surface area contributed by atoms with Gasteiger partial charge in [-0.3, -0.25) is 4.90 Å². The zero-order chi connectivity index (χ0) is 16.6. The van der Waals surface area contributed by atoms with Gasteiger partial charge in [-0.1, -0.05) is 17.3 Å². The van der Waals surface area contributed by atoms with Crippen molar-refractivity contribution in [2.45, 2.75) is 38.1 Å². The van der Waals surface area contributed by atoms with Crippen LogP contribution >= 0.6 is 15.9 Å². The van der Waals surface area contributed by atoms with Crippen LogP contribution in [0.5, 0.6) is 0 Å². The lowest BCUT2D eigenvalue weighted by molar-refractivity contribution is -0.137. The van der Waals surface area contributed by atoms with Crippen molar-refractivity contribution in [3.05, 3.63) is 35.4 Å². The van der Waals surface area contributed by atoms with E-state index in [9.17, 15) is 13.2 Å². The summed E-state index contributed by atoms with van der Waals surface area (Å²) in [5.74, 6) is 0.408. The second-order valence-corrected chi connectivity index (χ2v) is 7.07. The molecule has 0 bridgehead atoms. The third-order valence-electron chi connectivity index (χ3n) is 4.71. The minimum absolute atomic E-state index is 0.0908. The van der Waals surface area contributed by atoms with Gasteiger partial charge >= 0.3 is 6.18 Å². The number of nitrogens with zero attached hydrogens (tertiary/aromatic N) is 2. The Bertz CT molecular complexity index is 588. The van der Waals surface area contributed by atoms with Crippen LogP contribution in [0.2, 0.25) is 0 Å². The van der Waals surface area contributed by atoms with E-state index in [1.807, 2.05) is 6.92 Å². The van der Waals surface area contributed by atoms with Crippen molar-refractivity contribution in [1.29, 1.82) is 0 Å². The molecule has 23 heavy (non-hydrogen) atoms. The van der Waals surface area contributed by atoms with E-state index in [0.717, 1.165) is 48.2 Å². The van der Waals surface area contributed by atoms with Gasteiger partial charge in [-0.15, -0.1) is 0 Å². The van der Waals surface area contributed by atoms with Crippen LogP contribution in [-0.2, 0) is 11.0 Å². The highest BCUT2D eigenvalue weighted by molar-refractivity contribution is 9.18. The predicted molar refractivity (Wildman–Crippen MR) is 85.4 cm³/mol. The fourth-order valence-electron chi connectivity index (χ4n) is 3.25. The van der Waals surface area contributed by atoms with E-state index >= 15 is 0 Å². The van der Waals surface area contributed by atoms with Crippen LogP contribution in [0.25, 0.3) is 0 Å². The summed E-state index contributed by atoms with van der Waals surface area (Å²) in [5, 5.41) is 3.93. The molecule has 0 aliphatic carbocycles. The first-order valence-corrected chi connectivity index (χ1v) is 8.43. The Hall–Kier alpha value is -1.08. The summed E-state index contributed by atoms with van der Waals surface area (Å²) >= 11 is 3.35. The van der Waals surface area contributed by atoms with Gasteiger partial charge in [0.1, 0.15) is 10.7 Å². The van der Waals surface area contributed by atoms with Gasteiger partial charge in [-0.2, -0.15) is 13.2 Å². The number of likely N-dealkylation sites (tertiary alicyclic amines) is 1. The Labute approximate surface area is 141 Å². The Balaban J connectivity index is 1.61. The molecule has 7 heteroatoms. The standard InChI is InChI=1S/C16H18BrF3N2O/c1-10(11-2-4-13(5-3-11)16(18,19)20)22-7-6-12(9-22)14-8-15(17)21-23-14/h2-5,10,12,14H,6-9H2,1H3/t10-,12+,14?/m0/s1. The van der Waals surface area contributed by atoms with Crippen LogP contribution in [0.3, 0.4) is 0 Å². The van der Waals surface area contributed by atoms with Gasteiger partial charge in [0.15, 0.2) is 0 Å². The van der Waals surface area contributed by atoms with Gasteiger partial charge in [0.25, 0.3) is 0 Å². The van der Waals surface area contributed by atoms with E-state index in [1.165, 1.54) is 0 Å². The Kier molecular flexibility index (Phi) is 4.69. The van der Waals surface area contributed by atoms with Gasteiger partial charge < -0.3 is 4.84 Å². The monoisotopic (exact) mass is 390 g/mol. The molecule has 1 fully saturated rings. The molecule has 1 saturated heterocycles. The number of rotatable bonds is 3. The quantitative estimate of drug-likeness (QED) is 0.753. The molecule has 0 amide bonds. The van der Waals surface area contributed by atoms with Crippen LogP contribution in [0.4, 0.5) is 13.2 Å². The summed E-state index contributed by atoms with van der Waals surface area (Å²) in [7, 11) is 0. The average molecular weight is 391 g/mol. The summed E-state index contributed by atoms with van der Waals surface area (Å²) in [6, 6.07) is 5.56. The SMILES string of the molecule is C[C@@H](c1ccc(C(F)(F)F)cc1)N1CC[C@@H](C2CC(Br)=NO2)C1. The lowest BCUT2D eigenvalue weighted by atomic mass is 9.99. The van der Waals surface area contributed by atoms with Crippen LogP contribution in [0, 0.1) is 5.92 Å². The van der Waals surface area contributed by atoms with Gasteiger partial charge in [-0.05, 0) is 53.5 Å². The second-order valence-electron chi connectivity index (χ2n) is 6.15. The molecule has 1 aromatic rings. The first kappa shape index (κ1) is 16.8. The summed E-state index contributed by atoms with van der Waals surface area (Å²) in [6.45, 7) is 3.83. The molecule has 2 aliphatic rings. The normalized spacial score (nSPS) is 26.9. The first-order chi connectivity index (χ1) is 10.8. The maximum absolute atomic E-state index is 12.6. The van der Waals surface area contributed by atoms with Gasteiger partial charge in [0, 0.05) is 24.9 Å². The van der Waals surface area contributed by atoms with Crippen molar-refractivity contribution < 1.29 is 18.0 Å². The van der Waals surface area contributed by atoms with E-state index in [4.69, 9.17) is 4.84 Å². The molecule has 0 aromatic heterocycles. The van der Waals surface area contributed by atoms with E-state index in [0.29, 0.717) is 5.92 Å². The maximum atomic E-state index is 12.6. The van der Waals surface area contributed by atoms with E-state index < -0.39 is 11.7 Å². The molecule has 2 aliphatic heterocycles. The highest BCUT2D eigenvalue weighted by Crippen LogP contribution is 2.34. The predicted octanol–water partition coefficient (Wildman–Crippen LogP) is 4.59. The Morgan fingerprint density at radius 3 is 2.57 bits per heavy atom. The van der Waals surface area contributed by atoms with Crippen LogP contribution < -0.4 is 0 Å². The maximum Gasteiger partial charge on any atom is 0.416 e. The fraction of sp³-hybridized carbons (Fsp3) is 0.562. The topological polar surface area (TPSA) is 24.8 Å². The lowest BCUT2D eigenvalue weighted by Crippen LogP contribution is -2.28. The lowest BCUT2D eigenvalue weighted by Gasteiger charge is -2.25. The zero-order valence-electron chi connectivity index (χ0n) is 12.7. The minimum atomic E-state index is -4.28. The van der Waals surface area contributed by atoms with E-state index in [-0.39, 0.29) is 12.1 Å². The van der Waals surface area contributed by atoms with Gasteiger partial charge in [-0.25, -0.2) is 0 Å². The van der Waals surface area contributed by atoms with E-state index in [1.54, 1.807) is 12.1 Å². The number of halogens is 4. The average Bonchev–Trinajstić information content (AvgIpc) is 3.14. The van der Waals surface area contributed by atoms with Crippen molar-refractivity contribution in [1.82, 2.24) is 4.90 Å². The molecule has 0 spiro atoms. The molecule has 1 unspecified atom stereocenters. The third-order valence-corrected chi connectivity index (χ3v) is 5.18. The highest BCUT2D eigenvalue weighted by atomic mass is 79.9. The second kappa shape index (κ2) is 6.43. The van der Waals surface area contributed by atoms with Crippen LogP contribution in [0.1, 0.15) is 36.9 Å². The summed E-state index contributed by atoms with van der Waals surface area (Å²) in [4.78, 5) is 7.72. The minimum Gasteiger partial charge on any atom is -0.391 e. The Morgan fingerprint density at radius 1 is 1.30 bits per heavy atom. The molecule has 1 aromatic carbocycles. The number of oxime groups is 1. The van der Waals surface area contributed by atoms with Crippen molar-refractivity contribution in [3.63, 3.8) is 0 Å². The van der Waals surface area contributed by atoms with Gasteiger partial charge in [0.2, 0.25) is 0 Å². The van der Waals surface area contributed by atoms with Crippen molar-refractivity contribution in [2.24, 2.45) is 11.1 Å².